The highest BCUT2D eigenvalue weighted by atomic mass is 35.5. The molecule has 2 aromatic rings. The van der Waals surface area contributed by atoms with Crippen LogP contribution in [0.3, 0.4) is 0 Å². The van der Waals surface area contributed by atoms with Crippen molar-refractivity contribution >= 4 is 29.3 Å². The van der Waals surface area contributed by atoms with Crippen LogP contribution in [0.5, 0.6) is 0 Å². The SMILES string of the molecule is COC(=O)c1c(C)c(C(=O)[C@H](C)N(C(=O)c2ccccc2Cl)C2CCCCC2)c(C)n1C. The summed E-state index contributed by atoms with van der Waals surface area (Å²) in [6, 6.07) is 6.21. The van der Waals surface area contributed by atoms with Gasteiger partial charge in [-0.15, -0.1) is 0 Å². The summed E-state index contributed by atoms with van der Waals surface area (Å²) in [5, 5.41) is 0.373. The van der Waals surface area contributed by atoms with Gasteiger partial charge < -0.3 is 14.2 Å². The summed E-state index contributed by atoms with van der Waals surface area (Å²) in [6.45, 7) is 5.33. The van der Waals surface area contributed by atoms with Crippen LogP contribution in [0.1, 0.15) is 81.5 Å². The Labute approximate surface area is 194 Å². The molecule has 0 bridgehead atoms. The molecular weight excluding hydrogens is 428 g/mol. The van der Waals surface area contributed by atoms with Crippen LogP contribution in [-0.4, -0.2) is 46.3 Å². The highest BCUT2D eigenvalue weighted by Gasteiger charge is 2.37. The highest BCUT2D eigenvalue weighted by molar-refractivity contribution is 6.33. The fraction of sp³-hybridized carbons (Fsp3) is 0.480. The Balaban J connectivity index is 2.04. The Bertz CT molecular complexity index is 1040. The molecule has 0 radical (unpaired) electrons. The number of hydrogen-bond acceptors (Lipinski definition) is 4. The minimum Gasteiger partial charge on any atom is -0.464 e. The lowest BCUT2D eigenvalue weighted by molar-refractivity contribution is 0.0486. The monoisotopic (exact) mass is 458 g/mol. The van der Waals surface area contributed by atoms with E-state index in [9.17, 15) is 14.4 Å². The molecule has 172 valence electrons. The Morgan fingerprint density at radius 1 is 1.12 bits per heavy atom. The van der Waals surface area contributed by atoms with E-state index in [1.54, 1.807) is 61.6 Å². The van der Waals surface area contributed by atoms with E-state index >= 15 is 0 Å². The number of amides is 1. The Morgan fingerprint density at radius 2 is 1.75 bits per heavy atom. The fourth-order valence-corrected chi connectivity index (χ4v) is 5.07. The third-order valence-electron chi connectivity index (χ3n) is 6.66. The van der Waals surface area contributed by atoms with Gasteiger partial charge in [0, 0.05) is 24.3 Å². The fourth-order valence-electron chi connectivity index (χ4n) is 4.85. The van der Waals surface area contributed by atoms with E-state index in [-0.39, 0.29) is 17.7 Å². The lowest BCUT2D eigenvalue weighted by Crippen LogP contribution is -2.50. The molecule has 3 rings (SSSR count). The second-order valence-corrected chi connectivity index (χ2v) is 8.92. The molecule has 1 heterocycles. The number of carbonyl (C=O) groups is 3. The van der Waals surface area contributed by atoms with Crippen LogP contribution in [0.2, 0.25) is 5.02 Å². The number of benzene rings is 1. The molecule has 1 aromatic heterocycles. The summed E-state index contributed by atoms with van der Waals surface area (Å²) in [5.41, 5.74) is 2.46. The number of Topliss-reactive ketones (excluding diaryl/α,β-unsaturated/α-hetero) is 1. The van der Waals surface area contributed by atoms with Crippen LogP contribution < -0.4 is 0 Å². The third-order valence-corrected chi connectivity index (χ3v) is 6.99. The van der Waals surface area contributed by atoms with Crippen molar-refractivity contribution in [3.05, 3.63) is 57.4 Å². The number of ketones is 1. The topological polar surface area (TPSA) is 68.6 Å². The van der Waals surface area contributed by atoms with E-state index in [0.29, 0.717) is 33.1 Å². The predicted octanol–water partition coefficient (Wildman–Crippen LogP) is 5.13. The number of esters is 1. The van der Waals surface area contributed by atoms with Crippen molar-refractivity contribution < 1.29 is 19.1 Å². The van der Waals surface area contributed by atoms with Crippen LogP contribution in [-0.2, 0) is 11.8 Å². The van der Waals surface area contributed by atoms with Gasteiger partial charge in [-0.25, -0.2) is 4.79 Å². The molecule has 1 saturated carbocycles. The van der Waals surface area contributed by atoms with Crippen LogP contribution in [0.25, 0.3) is 0 Å². The van der Waals surface area contributed by atoms with Gasteiger partial charge in [-0.2, -0.15) is 0 Å². The largest absolute Gasteiger partial charge is 0.464 e. The molecule has 0 N–H and O–H groups in total. The standard InChI is InChI=1S/C25H31ClN2O4/c1-15-21(16(2)27(4)22(15)25(31)32-5)23(29)17(3)28(18-11-7-6-8-12-18)24(30)19-13-9-10-14-20(19)26/h9-10,13-14,17-18H,6-8,11-12H2,1-5H3/t17-/m0/s1. The molecule has 1 fully saturated rings. The lowest BCUT2D eigenvalue weighted by Gasteiger charge is -2.38. The van der Waals surface area contributed by atoms with E-state index in [2.05, 4.69) is 0 Å². The Hall–Kier alpha value is -2.60. The molecule has 1 aliphatic rings. The van der Waals surface area contributed by atoms with Crippen LogP contribution in [0.4, 0.5) is 0 Å². The van der Waals surface area contributed by atoms with Gasteiger partial charge in [0.2, 0.25) is 0 Å². The average Bonchev–Trinajstić information content (AvgIpc) is 3.01. The quantitative estimate of drug-likeness (QED) is 0.444. The van der Waals surface area contributed by atoms with E-state index in [1.165, 1.54) is 7.11 Å². The van der Waals surface area contributed by atoms with Crippen molar-refractivity contribution in [2.24, 2.45) is 7.05 Å². The highest BCUT2D eigenvalue weighted by Crippen LogP contribution is 2.30. The van der Waals surface area contributed by atoms with Gasteiger partial charge in [0.25, 0.3) is 5.91 Å². The van der Waals surface area contributed by atoms with Gasteiger partial charge >= 0.3 is 5.97 Å². The van der Waals surface area contributed by atoms with Gasteiger partial charge in [0.05, 0.1) is 23.7 Å². The molecular formula is C25H31ClN2O4. The molecule has 7 heteroatoms. The normalized spacial score (nSPS) is 15.3. The molecule has 32 heavy (non-hydrogen) atoms. The molecule has 0 aliphatic heterocycles. The maximum Gasteiger partial charge on any atom is 0.354 e. The van der Waals surface area contributed by atoms with Crippen molar-refractivity contribution in [3.8, 4) is 0 Å². The molecule has 0 spiro atoms. The third kappa shape index (κ3) is 4.33. The first-order valence-electron chi connectivity index (χ1n) is 11.1. The first-order valence-corrected chi connectivity index (χ1v) is 11.4. The van der Waals surface area contributed by atoms with Crippen molar-refractivity contribution in [2.45, 2.75) is 65.0 Å². The summed E-state index contributed by atoms with van der Waals surface area (Å²) >= 11 is 6.34. The summed E-state index contributed by atoms with van der Waals surface area (Å²) < 4.78 is 6.59. The summed E-state index contributed by atoms with van der Waals surface area (Å²) in [6.07, 6.45) is 4.88. The first-order chi connectivity index (χ1) is 15.2. The van der Waals surface area contributed by atoms with Gasteiger partial charge in [-0.1, -0.05) is 43.0 Å². The Kier molecular flexibility index (Phi) is 7.44. The molecule has 1 amide bonds. The molecule has 0 unspecified atom stereocenters. The van der Waals surface area contributed by atoms with Gasteiger partial charge in [0.15, 0.2) is 5.78 Å². The number of nitrogens with zero attached hydrogens (tertiary/aromatic N) is 2. The minimum atomic E-state index is -0.702. The van der Waals surface area contributed by atoms with Crippen molar-refractivity contribution in [3.63, 3.8) is 0 Å². The number of hydrogen-bond donors (Lipinski definition) is 0. The smallest absolute Gasteiger partial charge is 0.354 e. The summed E-state index contributed by atoms with van der Waals surface area (Å²) in [7, 11) is 3.06. The number of ether oxygens (including phenoxy) is 1. The van der Waals surface area contributed by atoms with E-state index in [4.69, 9.17) is 16.3 Å². The predicted molar refractivity (Wildman–Crippen MR) is 125 cm³/mol. The lowest BCUT2D eigenvalue weighted by atomic mass is 9.90. The number of methoxy groups -OCH3 is 1. The maximum absolute atomic E-state index is 13.8. The minimum absolute atomic E-state index is 0.0316. The molecule has 1 aromatic carbocycles. The molecule has 1 atom stereocenters. The second-order valence-electron chi connectivity index (χ2n) is 8.51. The van der Waals surface area contributed by atoms with Gasteiger partial charge in [0.1, 0.15) is 5.69 Å². The van der Waals surface area contributed by atoms with Crippen molar-refractivity contribution in [2.75, 3.05) is 7.11 Å². The molecule has 6 nitrogen and oxygen atoms in total. The van der Waals surface area contributed by atoms with Crippen LogP contribution >= 0.6 is 11.6 Å². The molecule has 0 saturated heterocycles. The Morgan fingerprint density at radius 3 is 2.34 bits per heavy atom. The summed E-state index contributed by atoms with van der Waals surface area (Å²) in [5.74, 6) is -0.907. The van der Waals surface area contributed by atoms with Crippen LogP contribution in [0.15, 0.2) is 24.3 Å². The number of halogens is 1. The first kappa shape index (κ1) is 24.1. The van der Waals surface area contributed by atoms with E-state index in [0.717, 1.165) is 32.1 Å². The number of carbonyl (C=O) groups excluding carboxylic acids is 3. The number of rotatable bonds is 6. The van der Waals surface area contributed by atoms with Crippen molar-refractivity contribution in [1.29, 1.82) is 0 Å². The van der Waals surface area contributed by atoms with Crippen LogP contribution in [0, 0.1) is 13.8 Å². The summed E-state index contributed by atoms with van der Waals surface area (Å²) in [4.78, 5) is 41.4. The van der Waals surface area contributed by atoms with E-state index < -0.39 is 12.0 Å². The molecule has 1 aliphatic carbocycles. The maximum atomic E-state index is 13.8. The average molecular weight is 459 g/mol. The van der Waals surface area contributed by atoms with E-state index in [1.807, 2.05) is 0 Å². The zero-order valence-electron chi connectivity index (χ0n) is 19.4. The zero-order valence-corrected chi connectivity index (χ0v) is 20.2. The van der Waals surface area contributed by atoms with Crippen molar-refractivity contribution in [1.82, 2.24) is 9.47 Å². The van der Waals surface area contributed by atoms with Gasteiger partial charge in [-0.05, 0) is 51.3 Å². The second kappa shape index (κ2) is 9.90. The zero-order chi connectivity index (χ0) is 23.6. The van der Waals surface area contributed by atoms with Gasteiger partial charge in [-0.3, -0.25) is 9.59 Å². The number of aromatic nitrogens is 1.